The Morgan fingerprint density at radius 1 is 0.809 bits per heavy atom. The van der Waals surface area contributed by atoms with Crippen LogP contribution in [0.25, 0.3) is 0 Å². The minimum absolute atomic E-state index is 0.0138. The maximum Gasteiger partial charge on any atom is 0.356 e. The maximum absolute atomic E-state index is 14.7. The molecule has 9 rings (SSSR count). The first-order valence-electron chi connectivity index (χ1n) is 22.2. The second-order valence-electron chi connectivity index (χ2n) is 17.6. The number of oxime groups is 1. The normalized spacial score (nSPS) is 17.7. The number of nitrogens with zero attached hydrogens (tertiary/aromatic N) is 3. The zero-order valence-electron chi connectivity index (χ0n) is 37.5. The van der Waals surface area contributed by atoms with Crippen molar-refractivity contribution in [3.05, 3.63) is 202 Å². The number of β-lactam (4-membered cyclic amide) rings is 1. The predicted octanol–water partition coefficient (Wildman–Crippen LogP) is 9.37. The number of carbonyl (C=O) groups excluding carboxylic acids is 4. The van der Waals surface area contributed by atoms with Crippen LogP contribution in [0, 0.1) is 0 Å². The van der Waals surface area contributed by atoms with E-state index in [0.717, 1.165) is 27.8 Å². The molecule has 2 amide bonds. The Labute approximate surface area is 407 Å². The van der Waals surface area contributed by atoms with Crippen LogP contribution in [0.3, 0.4) is 0 Å². The third kappa shape index (κ3) is 9.40. The Bertz CT molecular complexity index is 2720. The van der Waals surface area contributed by atoms with Crippen molar-refractivity contribution in [3.63, 3.8) is 0 Å². The van der Waals surface area contributed by atoms with Gasteiger partial charge < -0.3 is 24.9 Å². The van der Waals surface area contributed by atoms with Crippen molar-refractivity contribution in [1.29, 1.82) is 0 Å². The van der Waals surface area contributed by atoms with Crippen molar-refractivity contribution in [2.45, 2.75) is 67.9 Å². The van der Waals surface area contributed by atoms with E-state index in [9.17, 15) is 19.2 Å². The lowest BCUT2D eigenvalue weighted by atomic mass is 9.77. The molecule has 3 heterocycles. The lowest BCUT2D eigenvalue weighted by Crippen LogP contribution is -2.71. The molecule has 1 aromatic heterocycles. The van der Waals surface area contributed by atoms with Gasteiger partial charge in [0.15, 0.2) is 16.9 Å². The number of fused-ring (bicyclic) bond motifs is 1. The van der Waals surface area contributed by atoms with Crippen LogP contribution in [0.1, 0.15) is 73.2 Å². The molecule has 0 spiro atoms. The summed E-state index contributed by atoms with van der Waals surface area (Å²) in [5.74, 6) is -2.32. The second-order valence-corrected chi connectivity index (χ2v) is 19.8. The third-order valence-electron chi connectivity index (χ3n) is 11.8. The molecular formula is C53H48ClN5O7S2. The molecule has 2 unspecified atom stereocenters. The summed E-state index contributed by atoms with van der Waals surface area (Å²) in [4.78, 5) is 68.8. The average Bonchev–Trinajstić information content (AvgIpc) is 4.03. The summed E-state index contributed by atoms with van der Waals surface area (Å²) in [6, 6.07) is 47.7. The zero-order chi connectivity index (χ0) is 47.5. The lowest BCUT2D eigenvalue weighted by molar-refractivity contribution is -0.172. The highest BCUT2D eigenvalue weighted by Gasteiger charge is 2.57. The average molecular weight is 967 g/mol. The fourth-order valence-electron chi connectivity index (χ4n) is 8.27. The number of halogens is 1. The second kappa shape index (κ2) is 19.5. The number of hydrogen-bond acceptors (Lipinski definition) is 12. The van der Waals surface area contributed by atoms with Gasteiger partial charge in [-0.15, -0.1) is 34.7 Å². The molecular weight excluding hydrogens is 918 g/mol. The highest BCUT2D eigenvalue weighted by atomic mass is 35.5. The molecule has 0 bridgehead atoms. The van der Waals surface area contributed by atoms with Gasteiger partial charge in [-0.05, 0) is 54.2 Å². The van der Waals surface area contributed by atoms with Gasteiger partial charge in [0.1, 0.15) is 33.9 Å². The molecule has 6 aromatic rings. The quantitative estimate of drug-likeness (QED) is 0.0240. The minimum Gasteiger partial charge on any atom is -0.457 e. The number of rotatable bonds is 16. The molecule has 1 saturated heterocycles. The van der Waals surface area contributed by atoms with E-state index >= 15 is 0 Å². The number of esters is 2. The van der Waals surface area contributed by atoms with Gasteiger partial charge in [0.05, 0.1) is 0 Å². The van der Waals surface area contributed by atoms with Crippen molar-refractivity contribution < 1.29 is 33.5 Å². The monoisotopic (exact) mass is 965 g/mol. The Morgan fingerprint density at radius 2 is 1.32 bits per heavy atom. The highest BCUT2D eigenvalue weighted by molar-refractivity contribution is 8.00. The summed E-state index contributed by atoms with van der Waals surface area (Å²) < 4.78 is 11.9. The summed E-state index contributed by atoms with van der Waals surface area (Å²) >= 11 is 9.04. The van der Waals surface area contributed by atoms with Crippen molar-refractivity contribution in [3.8, 4) is 0 Å². The van der Waals surface area contributed by atoms with Gasteiger partial charge in [0.25, 0.3) is 11.8 Å². The highest BCUT2D eigenvalue weighted by Crippen LogP contribution is 2.45. The van der Waals surface area contributed by atoms with Crippen LogP contribution in [0.2, 0.25) is 0 Å². The Kier molecular flexibility index (Phi) is 13.3. The van der Waals surface area contributed by atoms with Crippen molar-refractivity contribution in [2.75, 3.05) is 16.9 Å². The minimum atomic E-state index is -1.39. The van der Waals surface area contributed by atoms with Crippen LogP contribution in [0.5, 0.6) is 0 Å². The molecule has 68 heavy (non-hydrogen) atoms. The van der Waals surface area contributed by atoms with Gasteiger partial charge in [0.2, 0.25) is 5.60 Å². The largest absolute Gasteiger partial charge is 0.457 e. The number of alkyl halides is 1. The van der Waals surface area contributed by atoms with Gasteiger partial charge in [-0.25, -0.2) is 14.6 Å². The number of thioether (sulfide) groups is 1. The fourth-order valence-corrected chi connectivity index (χ4v) is 10.7. The number of nitrogens with one attached hydrogen (secondary N) is 2. The van der Waals surface area contributed by atoms with Gasteiger partial charge in [0, 0.05) is 29.9 Å². The predicted molar refractivity (Wildman–Crippen MR) is 264 cm³/mol. The Balaban J connectivity index is 1.02. The number of carbonyl (C=O) groups is 4. The van der Waals surface area contributed by atoms with E-state index in [2.05, 4.69) is 15.8 Å². The maximum atomic E-state index is 14.7. The van der Waals surface area contributed by atoms with E-state index in [1.807, 2.05) is 152 Å². The number of amides is 2. The molecule has 5 aromatic carbocycles. The Morgan fingerprint density at radius 3 is 1.81 bits per heavy atom. The molecule has 12 nitrogen and oxygen atoms in total. The van der Waals surface area contributed by atoms with E-state index in [0.29, 0.717) is 29.3 Å². The first-order chi connectivity index (χ1) is 32.9. The molecule has 2 fully saturated rings. The fraction of sp³-hybridized carbons (Fsp3) is 0.245. The number of ether oxygens (including phenoxy) is 2. The van der Waals surface area contributed by atoms with Gasteiger partial charge >= 0.3 is 11.9 Å². The van der Waals surface area contributed by atoms with Crippen LogP contribution < -0.4 is 10.6 Å². The van der Waals surface area contributed by atoms with E-state index in [1.54, 1.807) is 26.2 Å². The molecule has 15 heteroatoms. The molecule has 3 aliphatic rings. The summed E-state index contributed by atoms with van der Waals surface area (Å²) in [5.41, 5.74) is 1.69. The topological polar surface area (TPSA) is 149 Å². The van der Waals surface area contributed by atoms with Crippen LogP contribution in [-0.4, -0.2) is 73.6 Å². The molecule has 2 N–H and O–H groups in total. The van der Waals surface area contributed by atoms with Gasteiger partial charge in [-0.3, -0.25) is 14.5 Å². The van der Waals surface area contributed by atoms with Gasteiger partial charge in [-0.2, -0.15) is 0 Å². The molecule has 2 atom stereocenters. The first kappa shape index (κ1) is 46.4. The van der Waals surface area contributed by atoms with Crippen molar-refractivity contribution in [1.82, 2.24) is 15.2 Å². The molecule has 346 valence electrons. The number of anilines is 1. The molecule has 1 saturated carbocycles. The zero-order valence-corrected chi connectivity index (χ0v) is 39.9. The first-order valence-corrected chi connectivity index (χ1v) is 24.6. The SMILES string of the molecule is CC(C)(C)OC(=O)C1(O/N=C(\C(=O)NC2C(=O)N3C(C(=O)OC(c4ccccc4)c4ccccc4)=C(CCl)CSC23)c2csc(NC(c3ccccc3)(c3ccccc3)c3ccccc3)n2)CC1. The van der Waals surface area contributed by atoms with Crippen LogP contribution in [-0.2, 0) is 39.0 Å². The van der Waals surface area contributed by atoms with Crippen LogP contribution in [0.4, 0.5) is 5.13 Å². The van der Waals surface area contributed by atoms with E-state index in [1.165, 1.54) is 28.0 Å². The molecule has 2 aliphatic heterocycles. The summed E-state index contributed by atoms with van der Waals surface area (Å²) in [6.45, 7) is 5.28. The van der Waals surface area contributed by atoms with Crippen molar-refractivity contribution in [2.24, 2.45) is 5.16 Å². The van der Waals surface area contributed by atoms with E-state index in [-0.39, 0.29) is 23.0 Å². The Hall–Kier alpha value is -6.74. The summed E-state index contributed by atoms with van der Waals surface area (Å²) in [5, 5.41) is 12.4. The van der Waals surface area contributed by atoms with Crippen LogP contribution in [0.15, 0.2) is 173 Å². The third-order valence-corrected chi connectivity index (χ3v) is 14.2. The number of thiazole rings is 1. The standard InChI is InChI=1S/C53H48ClN5O7S2/c1-51(2,3)65-49(63)52(29-30-52)66-58-41(40-33-68-50(55-40)57-53(37-23-13-6-14-24-37,38-25-15-7-16-26-38)39-27-17-8-18-28-39)45(60)56-42-46(61)59-43(36(31-54)32-67-47(42)59)48(62)64-44(34-19-9-4-10-20-34)35-21-11-5-12-22-35/h4-28,33,42,44,47H,29-32H2,1-3H3,(H,55,57)(H,56,60)/b58-41-. The summed E-state index contributed by atoms with van der Waals surface area (Å²) in [7, 11) is 0. The molecule has 1 aliphatic carbocycles. The lowest BCUT2D eigenvalue weighted by Gasteiger charge is -2.49. The molecule has 0 radical (unpaired) electrons. The van der Waals surface area contributed by atoms with Gasteiger partial charge in [-0.1, -0.05) is 157 Å². The van der Waals surface area contributed by atoms with E-state index < -0.39 is 58.0 Å². The number of benzene rings is 5. The number of aromatic nitrogens is 1. The smallest absolute Gasteiger partial charge is 0.356 e. The van der Waals surface area contributed by atoms with E-state index in [4.69, 9.17) is 30.9 Å². The van der Waals surface area contributed by atoms with Crippen LogP contribution >= 0.6 is 34.7 Å². The number of hydrogen-bond donors (Lipinski definition) is 2. The summed E-state index contributed by atoms with van der Waals surface area (Å²) in [6.07, 6.45) is -0.106. The van der Waals surface area contributed by atoms with Crippen molar-refractivity contribution >= 4 is 69.3 Å².